The van der Waals surface area contributed by atoms with E-state index < -0.39 is 11.5 Å². The third-order valence-corrected chi connectivity index (χ3v) is 3.30. The van der Waals surface area contributed by atoms with Gasteiger partial charge in [0, 0.05) is 18.8 Å². The van der Waals surface area contributed by atoms with E-state index in [1.165, 1.54) is 12.1 Å². The molecule has 2 N–H and O–H groups in total. The van der Waals surface area contributed by atoms with Crippen LogP contribution in [0.25, 0.3) is 0 Å². The number of fused-ring (bicyclic) bond motifs is 1. The Bertz CT molecular complexity index is 488. The molecule has 1 heterocycles. The molecule has 5 heteroatoms. The molecule has 0 aromatic heterocycles. The highest BCUT2D eigenvalue weighted by molar-refractivity contribution is 5.81. The van der Waals surface area contributed by atoms with Crippen molar-refractivity contribution in [2.75, 3.05) is 24.6 Å². The summed E-state index contributed by atoms with van der Waals surface area (Å²) in [5.74, 6) is -0.708. The summed E-state index contributed by atoms with van der Waals surface area (Å²) in [7, 11) is 0. The maximum absolute atomic E-state index is 13.3. The lowest BCUT2D eigenvalue weighted by atomic mass is 10.0. The van der Waals surface area contributed by atoms with Crippen LogP contribution >= 0.6 is 0 Å². The van der Waals surface area contributed by atoms with Crippen LogP contribution < -0.4 is 10.6 Å². The van der Waals surface area contributed by atoms with E-state index in [0.717, 1.165) is 24.2 Å². The minimum Gasteiger partial charge on any atom is -0.465 e. The molecule has 4 nitrogen and oxygen atoms in total. The average Bonchev–Trinajstić information content (AvgIpc) is 2.72. The predicted octanol–water partition coefficient (Wildman–Crippen LogP) is 1.47. The number of hydrogen-bond acceptors (Lipinski definition) is 4. The number of carbonyl (C=O) groups is 1. The molecular weight excluding hydrogens is 247 g/mol. The molecule has 1 aliphatic rings. The van der Waals surface area contributed by atoms with Gasteiger partial charge in [0.05, 0.1) is 6.61 Å². The van der Waals surface area contributed by atoms with E-state index in [1.807, 2.05) is 4.90 Å². The van der Waals surface area contributed by atoms with Gasteiger partial charge in [-0.15, -0.1) is 0 Å². The van der Waals surface area contributed by atoms with Crippen LogP contribution in [-0.4, -0.2) is 31.2 Å². The van der Waals surface area contributed by atoms with E-state index in [4.69, 9.17) is 10.5 Å². The molecule has 1 aromatic rings. The number of nitrogens with zero attached hydrogens (tertiary/aromatic N) is 1. The van der Waals surface area contributed by atoms with Gasteiger partial charge in [0.1, 0.15) is 11.4 Å². The molecule has 1 aliphatic heterocycles. The second-order valence-electron chi connectivity index (χ2n) is 5.08. The standard InChI is InChI=1S/C14H19FN2O2/c1-3-19-13(18)14(2,16)9-17-7-6-10-4-5-11(15)8-12(10)17/h4-5,8H,3,6-7,9,16H2,1-2H3. The first kappa shape index (κ1) is 13.8. The van der Waals surface area contributed by atoms with Crippen molar-refractivity contribution in [3.05, 3.63) is 29.6 Å². The molecule has 104 valence electrons. The number of esters is 1. The lowest BCUT2D eigenvalue weighted by Crippen LogP contribution is -2.54. The van der Waals surface area contributed by atoms with Crippen LogP contribution in [0.3, 0.4) is 0 Å². The fraction of sp³-hybridized carbons (Fsp3) is 0.500. The van der Waals surface area contributed by atoms with E-state index in [9.17, 15) is 9.18 Å². The Kier molecular flexibility index (Phi) is 3.75. The van der Waals surface area contributed by atoms with E-state index in [1.54, 1.807) is 19.9 Å². The molecule has 0 fully saturated rings. The Balaban J connectivity index is 2.14. The molecule has 1 atom stereocenters. The monoisotopic (exact) mass is 266 g/mol. The Morgan fingerprint density at radius 2 is 2.32 bits per heavy atom. The Hall–Kier alpha value is -1.62. The highest BCUT2D eigenvalue weighted by Crippen LogP contribution is 2.29. The highest BCUT2D eigenvalue weighted by atomic mass is 19.1. The van der Waals surface area contributed by atoms with Crippen molar-refractivity contribution in [1.82, 2.24) is 0 Å². The van der Waals surface area contributed by atoms with Crippen LogP contribution in [0.15, 0.2) is 18.2 Å². The summed E-state index contributed by atoms with van der Waals surface area (Å²) in [4.78, 5) is 13.7. The zero-order valence-electron chi connectivity index (χ0n) is 11.3. The molecule has 0 saturated heterocycles. The number of anilines is 1. The molecule has 0 aliphatic carbocycles. The smallest absolute Gasteiger partial charge is 0.327 e. The third-order valence-electron chi connectivity index (χ3n) is 3.30. The number of benzene rings is 1. The largest absolute Gasteiger partial charge is 0.465 e. The van der Waals surface area contributed by atoms with Crippen molar-refractivity contribution >= 4 is 11.7 Å². The molecule has 0 saturated carbocycles. The first-order valence-electron chi connectivity index (χ1n) is 6.43. The fourth-order valence-electron chi connectivity index (χ4n) is 2.34. The minimum absolute atomic E-state index is 0.277. The van der Waals surface area contributed by atoms with E-state index >= 15 is 0 Å². The number of hydrogen-bond donors (Lipinski definition) is 1. The summed E-state index contributed by atoms with van der Waals surface area (Å²) in [5, 5.41) is 0. The van der Waals surface area contributed by atoms with Crippen molar-refractivity contribution in [1.29, 1.82) is 0 Å². The summed E-state index contributed by atoms with van der Waals surface area (Å²) < 4.78 is 18.3. The third kappa shape index (κ3) is 2.87. The van der Waals surface area contributed by atoms with Gasteiger partial charge in [-0.05, 0) is 38.0 Å². The molecule has 19 heavy (non-hydrogen) atoms. The van der Waals surface area contributed by atoms with Gasteiger partial charge in [0.2, 0.25) is 0 Å². The van der Waals surface area contributed by atoms with Crippen LogP contribution in [0, 0.1) is 5.82 Å². The van der Waals surface area contributed by atoms with Crippen LogP contribution in [0.2, 0.25) is 0 Å². The normalized spacial score (nSPS) is 16.9. The number of carbonyl (C=O) groups excluding carboxylic acids is 1. The summed E-state index contributed by atoms with van der Waals surface area (Å²) in [6.07, 6.45) is 0.842. The minimum atomic E-state index is -1.09. The molecule has 2 rings (SSSR count). The van der Waals surface area contributed by atoms with Crippen LogP contribution in [0.1, 0.15) is 19.4 Å². The maximum Gasteiger partial charge on any atom is 0.327 e. The van der Waals surface area contributed by atoms with Crippen LogP contribution in [-0.2, 0) is 16.0 Å². The number of ether oxygens (including phenoxy) is 1. The van der Waals surface area contributed by atoms with Gasteiger partial charge in [0.25, 0.3) is 0 Å². The molecule has 0 radical (unpaired) electrons. The SMILES string of the molecule is CCOC(=O)C(C)(N)CN1CCc2ccc(F)cc21. The first-order valence-corrected chi connectivity index (χ1v) is 6.43. The molecular formula is C14H19FN2O2. The molecule has 0 amide bonds. The second kappa shape index (κ2) is 5.17. The number of halogens is 1. The lowest BCUT2D eigenvalue weighted by Gasteiger charge is -2.29. The van der Waals surface area contributed by atoms with Gasteiger partial charge in [-0.2, -0.15) is 0 Å². The van der Waals surface area contributed by atoms with E-state index in [-0.39, 0.29) is 5.82 Å². The van der Waals surface area contributed by atoms with Crippen LogP contribution in [0.4, 0.5) is 10.1 Å². The van der Waals surface area contributed by atoms with Crippen molar-refractivity contribution in [2.45, 2.75) is 25.8 Å². The fourth-order valence-corrected chi connectivity index (χ4v) is 2.34. The second-order valence-corrected chi connectivity index (χ2v) is 5.08. The van der Waals surface area contributed by atoms with Crippen molar-refractivity contribution in [2.24, 2.45) is 5.73 Å². The zero-order chi connectivity index (χ0) is 14.0. The average molecular weight is 266 g/mol. The van der Waals surface area contributed by atoms with Crippen molar-refractivity contribution in [3.8, 4) is 0 Å². The summed E-state index contributed by atoms with van der Waals surface area (Å²) in [6, 6.07) is 4.72. The molecule has 1 aromatic carbocycles. The lowest BCUT2D eigenvalue weighted by molar-refractivity contribution is -0.148. The highest BCUT2D eigenvalue weighted by Gasteiger charge is 2.34. The summed E-state index contributed by atoms with van der Waals surface area (Å²) >= 11 is 0. The van der Waals surface area contributed by atoms with Gasteiger partial charge in [-0.3, -0.25) is 0 Å². The van der Waals surface area contributed by atoms with Gasteiger partial charge in [-0.1, -0.05) is 6.07 Å². The van der Waals surface area contributed by atoms with Gasteiger partial charge in [0.15, 0.2) is 0 Å². The summed E-state index contributed by atoms with van der Waals surface area (Å²) in [6.45, 7) is 4.75. The Labute approximate surface area is 112 Å². The molecule has 0 bridgehead atoms. The van der Waals surface area contributed by atoms with E-state index in [2.05, 4.69) is 0 Å². The molecule has 1 unspecified atom stereocenters. The topological polar surface area (TPSA) is 55.6 Å². The summed E-state index contributed by atoms with van der Waals surface area (Å²) in [5.41, 5.74) is 6.82. The zero-order valence-corrected chi connectivity index (χ0v) is 11.3. The van der Waals surface area contributed by atoms with Crippen molar-refractivity contribution in [3.63, 3.8) is 0 Å². The Morgan fingerprint density at radius 1 is 1.58 bits per heavy atom. The molecule has 0 spiro atoms. The van der Waals surface area contributed by atoms with E-state index in [0.29, 0.717) is 13.2 Å². The van der Waals surface area contributed by atoms with Gasteiger partial charge < -0.3 is 15.4 Å². The number of nitrogens with two attached hydrogens (primary N) is 1. The quantitative estimate of drug-likeness (QED) is 0.838. The first-order chi connectivity index (χ1) is 8.94. The Morgan fingerprint density at radius 3 is 3.00 bits per heavy atom. The maximum atomic E-state index is 13.3. The van der Waals surface area contributed by atoms with Gasteiger partial charge >= 0.3 is 5.97 Å². The van der Waals surface area contributed by atoms with Crippen molar-refractivity contribution < 1.29 is 13.9 Å². The van der Waals surface area contributed by atoms with Crippen LogP contribution in [0.5, 0.6) is 0 Å². The predicted molar refractivity (Wildman–Crippen MR) is 71.5 cm³/mol. The van der Waals surface area contributed by atoms with Gasteiger partial charge in [-0.25, -0.2) is 9.18 Å². The number of rotatable bonds is 4.